The SMILES string of the molecule is CCN1CCN(C[C@@H](O)COc2ccc3c4c(c(=O)oc3c2)CCC4)CC1. The van der Waals surface area contributed by atoms with Crippen LogP contribution in [0.25, 0.3) is 11.0 Å². The molecule has 1 aromatic carbocycles. The van der Waals surface area contributed by atoms with Crippen LogP contribution in [0.1, 0.15) is 24.5 Å². The van der Waals surface area contributed by atoms with Gasteiger partial charge in [-0.15, -0.1) is 0 Å². The maximum atomic E-state index is 12.1. The molecule has 6 nitrogen and oxygen atoms in total. The van der Waals surface area contributed by atoms with Gasteiger partial charge in [0.05, 0.1) is 0 Å². The molecule has 1 aliphatic carbocycles. The molecule has 2 aliphatic rings. The third-order valence-corrected chi connectivity index (χ3v) is 5.77. The van der Waals surface area contributed by atoms with Crippen LogP contribution in [0.3, 0.4) is 0 Å². The molecule has 2 aromatic rings. The predicted molar refractivity (Wildman–Crippen MR) is 105 cm³/mol. The molecule has 0 amide bonds. The summed E-state index contributed by atoms with van der Waals surface area (Å²) in [5.74, 6) is 0.624. The van der Waals surface area contributed by atoms with Crippen LogP contribution >= 0.6 is 0 Å². The Labute approximate surface area is 159 Å². The van der Waals surface area contributed by atoms with Crippen molar-refractivity contribution in [2.24, 2.45) is 0 Å². The molecule has 0 radical (unpaired) electrons. The first kappa shape index (κ1) is 18.5. The Balaban J connectivity index is 1.36. The molecule has 1 aliphatic heterocycles. The van der Waals surface area contributed by atoms with E-state index in [0.717, 1.165) is 68.5 Å². The zero-order valence-electron chi connectivity index (χ0n) is 15.9. The van der Waals surface area contributed by atoms with E-state index in [4.69, 9.17) is 9.15 Å². The number of hydrogen-bond donors (Lipinski definition) is 1. The number of rotatable bonds is 6. The van der Waals surface area contributed by atoms with Crippen molar-refractivity contribution >= 4 is 11.0 Å². The topological polar surface area (TPSA) is 66.2 Å². The lowest BCUT2D eigenvalue weighted by Crippen LogP contribution is -2.49. The lowest BCUT2D eigenvalue weighted by Gasteiger charge is -2.34. The van der Waals surface area contributed by atoms with E-state index in [-0.39, 0.29) is 12.2 Å². The largest absolute Gasteiger partial charge is 0.491 e. The number of β-amino-alcohol motifs (C(OH)–C–C–N with tert-alkyl or cyclic N) is 1. The number of aryl methyl sites for hydroxylation is 1. The van der Waals surface area contributed by atoms with Crippen molar-refractivity contribution in [3.8, 4) is 5.75 Å². The monoisotopic (exact) mass is 372 g/mol. The third kappa shape index (κ3) is 4.03. The summed E-state index contributed by atoms with van der Waals surface area (Å²) in [4.78, 5) is 16.8. The van der Waals surface area contributed by atoms with Crippen molar-refractivity contribution in [1.29, 1.82) is 0 Å². The number of aliphatic hydroxyl groups excluding tert-OH is 1. The highest BCUT2D eigenvalue weighted by molar-refractivity contribution is 5.83. The molecular formula is C21H28N2O4. The minimum absolute atomic E-state index is 0.224. The van der Waals surface area contributed by atoms with Crippen LogP contribution in [-0.4, -0.2) is 66.9 Å². The van der Waals surface area contributed by atoms with Crippen molar-refractivity contribution in [2.75, 3.05) is 45.9 Å². The Kier molecular flexibility index (Phi) is 5.48. The Bertz CT molecular complexity index is 855. The average Bonchev–Trinajstić information content (AvgIpc) is 3.18. The number of nitrogens with zero attached hydrogens (tertiary/aromatic N) is 2. The van der Waals surface area contributed by atoms with Crippen molar-refractivity contribution in [2.45, 2.75) is 32.3 Å². The summed E-state index contributed by atoms with van der Waals surface area (Å²) >= 11 is 0. The summed E-state index contributed by atoms with van der Waals surface area (Å²) in [6.45, 7) is 8.19. The molecule has 27 heavy (non-hydrogen) atoms. The second-order valence-corrected chi connectivity index (χ2v) is 7.56. The quantitative estimate of drug-likeness (QED) is 0.778. The van der Waals surface area contributed by atoms with Crippen LogP contribution in [0.2, 0.25) is 0 Å². The Morgan fingerprint density at radius 2 is 1.89 bits per heavy atom. The highest BCUT2D eigenvalue weighted by Gasteiger charge is 2.21. The van der Waals surface area contributed by atoms with Gasteiger partial charge in [0.1, 0.15) is 24.0 Å². The Morgan fingerprint density at radius 3 is 2.67 bits per heavy atom. The molecular weight excluding hydrogens is 344 g/mol. The van der Waals surface area contributed by atoms with Gasteiger partial charge in [-0.25, -0.2) is 4.79 Å². The van der Waals surface area contributed by atoms with Crippen molar-refractivity contribution < 1.29 is 14.3 Å². The summed E-state index contributed by atoms with van der Waals surface area (Å²) in [5.41, 5.74) is 2.30. The highest BCUT2D eigenvalue weighted by Crippen LogP contribution is 2.29. The minimum Gasteiger partial charge on any atom is -0.491 e. The van der Waals surface area contributed by atoms with Gasteiger partial charge in [-0.3, -0.25) is 4.90 Å². The van der Waals surface area contributed by atoms with Gasteiger partial charge >= 0.3 is 5.63 Å². The van der Waals surface area contributed by atoms with E-state index >= 15 is 0 Å². The highest BCUT2D eigenvalue weighted by atomic mass is 16.5. The molecule has 1 aromatic heterocycles. The molecule has 1 N–H and O–H groups in total. The molecule has 1 atom stereocenters. The van der Waals surface area contributed by atoms with Gasteiger partial charge < -0.3 is 19.2 Å². The molecule has 0 spiro atoms. The van der Waals surface area contributed by atoms with Gasteiger partial charge in [-0.05, 0) is 43.5 Å². The van der Waals surface area contributed by atoms with E-state index in [1.807, 2.05) is 12.1 Å². The maximum absolute atomic E-state index is 12.1. The summed E-state index contributed by atoms with van der Waals surface area (Å²) in [6.07, 6.45) is 2.21. The van der Waals surface area contributed by atoms with Crippen molar-refractivity contribution in [1.82, 2.24) is 9.80 Å². The normalized spacial score (nSPS) is 19.3. The second-order valence-electron chi connectivity index (χ2n) is 7.56. The predicted octanol–water partition coefficient (Wildman–Crippen LogP) is 1.66. The molecule has 0 bridgehead atoms. The van der Waals surface area contributed by atoms with Gasteiger partial charge in [0.25, 0.3) is 0 Å². The van der Waals surface area contributed by atoms with E-state index < -0.39 is 6.10 Å². The van der Waals surface area contributed by atoms with Crippen LogP contribution in [0.5, 0.6) is 5.75 Å². The molecule has 1 fully saturated rings. The van der Waals surface area contributed by atoms with Gasteiger partial charge in [0, 0.05) is 49.7 Å². The smallest absolute Gasteiger partial charge is 0.339 e. The number of hydrogen-bond acceptors (Lipinski definition) is 6. The van der Waals surface area contributed by atoms with Crippen LogP contribution in [0.4, 0.5) is 0 Å². The Hall–Kier alpha value is -1.89. The summed E-state index contributed by atoms with van der Waals surface area (Å²) < 4.78 is 11.3. The fourth-order valence-corrected chi connectivity index (χ4v) is 4.19. The summed E-state index contributed by atoms with van der Waals surface area (Å²) in [6, 6.07) is 5.63. The third-order valence-electron chi connectivity index (χ3n) is 5.77. The van der Waals surface area contributed by atoms with Crippen LogP contribution in [0, 0.1) is 0 Å². The van der Waals surface area contributed by atoms with E-state index in [9.17, 15) is 9.90 Å². The lowest BCUT2D eigenvalue weighted by molar-refractivity contribution is 0.0471. The van der Waals surface area contributed by atoms with Crippen molar-refractivity contribution in [3.63, 3.8) is 0 Å². The molecule has 146 valence electrons. The number of ether oxygens (including phenoxy) is 1. The van der Waals surface area contributed by atoms with E-state index in [0.29, 0.717) is 17.9 Å². The van der Waals surface area contributed by atoms with Crippen molar-refractivity contribution in [3.05, 3.63) is 39.7 Å². The molecule has 6 heteroatoms. The minimum atomic E-state index is -0.541. The first-order valence-electron chi connectivity index (χ1n) is 9.98. The van der Waals surface area contributed by atoms with E-state index in [2.05, 4.69) is 16.7 Å². The Morgan fingerprint density at radius 1 is 1.15 bits per heavy atom. The van der Waals surface area contributed by atoms with Gasteiger partial charge in [-0.1, -0.05) is 6.92 Å². The number of piperazine rings is 1. The number of benzene rings is 1. The summed E-state index contributed by atoms with van der Waals surface area (Å²) in [5, 5.41) is 11.3. The van der Waals surface area contributed by atoms with Crippen LogP contribution < -0.4 is 10.4 Å². The average molecular weight is 372 g/mol. The molecule has 1 saturated heterocycles. The van der Waals surface area contributed by atoms with Gasteiger partial charge in [-0.2, -0.15) is 0 Å². The number of aliphatic hydroxyl groups is 1. The fraction of sp³-hybridized carbons (Fsp3) is 0.571. The fourth-order valence-electron chi connectivity index (χ4n) is 4.19. The first-order valence-corrected chi connectivity index (χ1v) is 9.98. The molecule has 4 rings (SSSR count). The van der Waals surface area contributed by atoms with Gasteiger partial charge in [0.15, 0.2) is 0 Å². The standard InChI is InChI=1S/C21H28N2O4/c1-2-22-8-10-23(11-9-22)13-15(24)14-26-16-6-7-18-17-4-3-5-19(17)21(25)27-20(18)12-16/h6-7,12,15,24H,2-5,8-11,13-14H2,1H3/t15-/m1/s1. The number of fused-ring (bicyclic) bond motifs is 3. The van der Waals surface area contributed by atoms with Crippen LogP contribution in [0.15, 0.2) is 27.4 Å². The maximum Gasteiger partial charge on any atom is 0.339 e. The summed E-state index contributed by atoms with van der Waals surface area (Å²) in [7, 11) is 0. The van der Waals surface area contributed by atoms with E-state index in [1.54, 1.807) is 6.07 Å². The van der Waals surface area contributed by atoms with Crippen LogP contribution in [-0.2, 0) is 12.8 Å². The number of likely N-dealkylation sites (N-methyl/N-ethyl adjacent to an activating group) is 1. The molecule has 2 heterocycles. The second kappa shape index (κ2) is 8.00. The first-order chi connectivity index (χ1) is 13.1. The molecule has 0 saturated carbocycles. The van der Waals surface area contributed by atoms with Gasteiger partial charge in [0.2, 0.25) is 0 Å². The zero-order chi connectivity index (χ0) is 18.8. The lowest BCUT2D eigenvalue weighted by atomic mass is 10.1. The molecule has 0 unspecified atom stereocenters. The zero-order valence-corrected chi connectivity index (χ0v) is 15.9. The van der Waals surface area contributed by atoms with E-state index in [1.165, 1.54) is 0 Å².